The van der Waals surface area contributed by atoms with E-state index in [0.29, 0.717) is 30.8 Å². The molecule has 0 bridgehead atoms. The maximum absolute atomic E-state index is 12.1. The average molecular weight is 272 g/mol. The molecule has 0 aliphatic heterocycles. The van der Waals surface area contributed by atoms with Crippen molar-refractivity contribution >= 4 is 10.0 Å². The van der Waals surface area contributed by atoms with Crippen LogP contribution in [0.5, 0.6) is 5.75 Å². The van der Waals surface area contributed by atoms with Crippen LogP contribution in [0, 0.1) is 13.8 Å². The Hall–Kier alpha value is -1.11. The van der Waals surface area contributed by atoms with Gasteiger partial charge < -0.3 is 10.5 Å². The number of nitrogens with one attached hydrogen (secondary N) is 1. The third-order valence-electron chi connectivity index (χ3n) is 2.87. The number of hydrogen-bond donors (Lipinski definition) is 2. The third kappa shape index (κ3) is 3.22. The summed E-state index contributed by atoms with van der Waals surface area (Å²) < 4.78 is 31.9. The second-order valence-electron chi connectivity index (χ2n) is 4.06. The van der Waals surface area contributed by atoms with Gasteiger partial charge in [0.1, 0.15) is 5.75 Å². The van der Waals surface area contributed by atoms with Gasteiger partial charge >= 0.3 is 0 Å². The average Bonchev–Trinajstić information content (AvgIpc) is 2.32. The van der Waals surface area contributed by atoms with Crippen LogP contribution in [0.25, 0.3) is 0 Å². The van der Waals surface area contributed by atoms with E-state index in [1.165, 1.54) is 0 Å². The van der Waals surface area contributed by atoms with Crippen molar-refractivity contribution in [3.63, 3.8) is 0 Å². The van der Waals surface area contributed by atoms with Crippen LogP contribution in [0.15, 0.2) is 17.0 Å². The Kier molecular flexibility index (Phi) is 5.13. The lowest BCUT2D eigenvalue weighted by Crippen LogP contribution is -2.27. The predicted molar refractivity (Wildman–Crippen MR) is 71.3 cm³/mol. The van der Waals surface area contributed by atoms with E-state index in [2.05, 4.69) is 4.72 Å². The minimum atomic E-state index is -3.47. The quantitative estimate of drug-likeness (QED) is 0.755. The Bertz CT molecular complexity index is 512. The monoisotopic (exact) mass is 272 g/mol. The van der Waals surface area contributed by atoms with Gasteiger partial charge in [0.05, 0.1) is 12.0 Å². The zero-order valence-corrected chi connectivity index (χ0v) is 11.8. The summed E-state index contributed by atoms with van der Waals surface area (Å²) in [6, 6.07) is 3.23. The maximum atomic E-state index is 12.1. The lowest BCUT2D eigenvalue weighted by Gasteiger charge is -2.13. The Balaban J connectivity index is 3.06. The van der Waals surface area contributed by atoms with Gasteiger partial charge in [-0.25, -0.2) is 13.1 Å². The van der Waals surface area contributed by atoms with Crippen molar-refractivity contribution in [1.29, 1.82) is 0 Å². The lowest BCUT2D eigenvalue weighted by molar-refractivity contribution is 0.410. The molecule has 0 radical (unpaired) electrons. The number of ether oxygens (including phenoxy) is 1. The molecule has 0 aliphatic carbocycles. The van der Waals surface area contributed by atoms with E-state index < -0.39 is 10.0 Å². The van der Waals surface area contributed by atoms with Gasteiger partial charge in [0, 0.05) is 6.54 Å². The maximum Gasteiger partial charge on any atom is 0.240 e. The first-order valence-electron chi connectivity index (χ1n) is 5.78. The first-order chi connectivity index (χ1) is 8.44. The zero-order valence-electron chi connectivity index (χ0n) is 11.0. The van der Waals surface area contributed by atoms with Gasteiger partial charge in [-0.3, -0.25) is 0 Å². The second-order valence-corrected chi connectivity index (χ2v) is 5.79. The molecule has 18 heavy (non-hydrogen) atoms. The second kappa shape index (κ2) is 6.17. The van der Waals surface area contributed by atoms with Gasteiger partial charge in [-0.1, -0.05) is 0 Å². The summed E-state index contributed by atoms with van der Waals surface area (Å²) in [6.45, 7) is 4.43. The van der Waals surface area contributed by atoms with Crippen LogP contribution < -0.4 is 15.2 Å². The minimum absolute atomic E-state index is 0.290. The highest BCUT2D eigenvalue weighted by atomic mass is 32.2. The standard InChI is InChI=1S/C12H20N2O3S/c1-9-10(2)12(6-5-11(9)17-3)18(15,16)14-8-4-7-13/h5-6,14H,4,7-8,13H2,1-3H3. The smallest absolute Gasteiger partial charge is 0.240 e. The molecule has 1 aromatic carbocycles. The normalized spacial score (nSPS) is 11.6. The molecule has 0 amide bonds. The fourth-order valence-corrected chi connectivity index (χ4v) is 3.04. The molecule has 0 spiro atoms. The van der Waals surface area contributed by atoms with Crippen LogP contribution in [-0.2, 0) is 10.0 Å². The Morgan fingerprint density at radius 2 is 1.94 bits per heavy atom. The molecule has 0 saturated heterocycles. The van der Waals surface area contributed by atoms with E-state index in [1.807, 2.05) is 6.92 Å². The molecule has 0 atom stereocenters. The van der Waals surface area contributed by atoms with Gasteiger partial charge in [-0.05, 0) is 50.1 Å². The Morgan fingerprint density at radius 3 is 2.50 bits per heavy atom. The summed E-state index contributed by atoms with van der Waals surface area (Å²) in [5.74, 6) is 0.688. The predicted octanol–water partition coefficient (Wildman–Crippen LogP) is 0.939. The summed E-state index contributed by atoms with van der Waals surface area (Å²) in [7, 11) is -1.91. The summed E-state index contributed by atoms with van der Waals surface area (Å²) in [5.41, 5.74) is 6.87. The number of hydrogen-bond acceptors (Lipinski definition) is 4. The Morgan fingerprint density at radius 1 is 1.28 bits per heavy atom. The molecule has 102 valence electrons. The van der Waals surface area contributed by atoms with E-state index in [-0.39, 0.29) is 4.90 Å². The highest BCUT2D eigenvalue weighted by molar-refractivity contribution is 7.89. The summed E-state index contributed by atoms with van der Waals surface area (Å²) in [5, 5.41) is 0. The van der Waals surface area contributed by atoms with Crippen molar-refractivity contribution in [2.24, 2.45) is 5.73 Å². The third-order valence-corrected chi connectivity index (χ3v) is 4.48. The zero-order chi connectivity index (χ0) is 13.8. The van der Waals surface area contributed by atoms with Gasteiger partial charge in [0.2, 0.25) is 10.0 Å². The summed E-state index contributed by atoms with van der Waals surface area (Å²) in [4.78, 5) is 0.290. The van der Waals surface area contributed by atoms with Crippen LogP contribution in [-0.4, -0.2) is 28.6 Å². The highest BCUT2D eigenvalue weighted by Gasteiger charge is 2.18. The molecule has 5 nitrogen and oxygen atoms in total. The van der Waals surface area contributed by atoms with Crippen LogP contribution >= 0.6 is 0 Å². The van der Waals surface area contributed by atoms with Gasteiger partial charge in [0.15, 0.2) is 0 Å². The number of sulfonamides is 1. The van der Waals surface area contributed by atoms with Crippen molar-refractivity contribution in [3.8, 4) is 5.75 Å². The number of methoxy groups -OCH3 is 1. The molecule has 0 aromatic heterocycles. The molecule has 0 saturated carbocycles. The van der Waals surface area contributed by atoms with E-state index in [9.17, 15) is 8.42 Å². The molecular weight excluding hydrogens is 252 g/mol. The number of benzene rings is 1. The topological polar surface area (TPSA) is 81.4 Å². The molecule has 0 unspecified atom stereocenters. The highest BCUT2D eigenvalue weighted by Crippen LogP contribution is 2.26. The van der Waals surface area contributed by atoms with Crippen LogP contribution in [0.1, 0.15) is 17.5 Å². The van der Waals surface area contributed by atoms with Crippen LogP contribution in [0.3, 0.4) is 0 Å². The van der Waals surface area contributed by atoms with Crippen molar-refractivity contribution < 1.29 is 13.2 Å². The van der Waals surface area contributed by atoms with Gasteiger partial charge in [0.25, 0.3) is 0 Å². The van der Waals surface area contributed by atoms with Crippen LogP contribution in [0.2, 0.25) is 0 Å². The summed E-state index contributed by atoms with van der Waals surface area (Å²) >= 11 is 0. The molecular formula is C12H20N2O3S. The molecule has 0 heterocycles. The van der Waals surface area contributed by atoms with E-state index in [1.54, 1.807) is 26.2 Å². The first kappa shape index (κ1) is 14.9. The first-order valence-corrected chi connectivity index (χ1v) is 7.26. The van der Waals surface area contributed by atoms with Crippen LogP contribution in [0.4, 0.5) is 0 Å². The van der Waals surface area contributed by atoms with E-state index >= 15 is 0 Å². The Labute approximate surface area is 108 Å². The van der Waals surface area contributed by atoms with Crippen molar-refractivity contribution in [2.45, 2.75) is 25.2 Å². The van der Waals surface area contributed by atoms with Crippen molar-refractivity contribution in [2.75, 3.05) is 20.2 Å². The molecule has 1 rings (SSSR count). The molecule has 0 aliphatic rings. The van der Waals surface area contributed by atoms with Gasteiger partial charge in [-0.2, -0.15) is 0 Å². The van der Waals surface area contributed by atoms with Crippen molar-refractivity contribution in [3.05, 3.63) is 23.3 Å². The van der Waals surface area contributed by atoms with Crippen molar-refractivity contribution in [1.82, 2.24) is 4.72 Å². The molecule has 0 fully saturated rings. The van der Waals surface area contributed by atoms with Gasteiger partial charge in [-0.15, -0.1) is 0 Å². The lowest BCUT2D eigenvalue weighted by atomic mass is 10.1. The number of rotatable bonds is 6. The fraction of sp³-hybridized carbons (Fsp3) is 0.500. The molecule has 1 aromatic rings. The van der Waals surface area contributed by atoms with E-state index in [0.717, 1.165) is 5.56 Å². The van der Waals surface area contributed by atoms with E-state index in [4.69, 9.17) is 10.5 Å². The molecule has 3 N–H and O–H groups in total. The molecule has 6 heteroatoms. The SMILES string of the molecule is COc1ccc(S(=O)(=O)NCCCN)c(C)c1C. The number of nitrogens with two attached hydrogens (primary N) is 1. The minimum Gasteiger partial charge on any atom is -0.496 e. The fourth-order valence-electron chi connectivity index (χ4n) is 1.67. The summed E-state index contributed by atoms with van der Waals surface area (Å²) in [6.07, 6.45) is 0.618. The largest absolute Gasteiger partial charge is 0.496 e.